The number of nitrogens with zero attached hydrogens (tertiary/aromatic N) is 2. The van der Waals surface area contributed by atoms with Crippen LogP contribution in [0.2, 0.25) is 0 Å². The van der Waals surface area contributed by atoms with E-state index in [1.165, 1.54) is 19.4 Å². The molecule has 2 aliphatic heterocycles. The van der Waals surface area contributed by atoms with Gasteiger partial charge in [0.05, 0.1) is 6.10 Å². The smallest absolute Gasteiger partial charge is 0.248 e. The first-order valence-corrected chi connectivity index (χ1v) is 6.58. The van der Waals surface area contributed by atoms with E-state index >= 15 is 0 Å². The van der Waals surface area contributed by atoms with E-state index in [2.05, 4.69) is 11.8 Å². The fourth-order valence-electron chi connectivity index (χ4n) is 2.77. The molecule has 0 spiro atoms. The third-order valence-electron chi connectivity index (χ3n) is 3.82. The number of ether oxygens (including phenoxy) is 1. The fraction of sp³-hybridized carbons (Fsp3) is 0.917. The van der Waals surface area contributed by atoms with Crippen molar-refractivity contribution in [3.05, 3.63) is 0 Å². The number of rotatable bonds is 4. The van der Waals surface area contributed by atoms with Gasteiger partial charge in [-0.25, -0.2) is 0 Å². The molecule has 1 amide bonds. The van der Waals surface area contributed by atoms with Gasteiger partial charge in [-0.15, -0.1) is 0 Å². The van der Waals surface area contributed by atoms with E-state index in [-0.39, 0.29) is 18.6 Å². The van der Waals surface area contributed by atoms with Gasteiger partial charge >= 0.3 is 0 Å². The van der Waals surface area contributed by atoms with Gasteiger partial charge in [-0.05, 0) is 25.9 Å². The lowest BCUT2D eigenvalue weighted by Gasteiger charge is -2.35. The number of amides is 1. The standard InChI is InChI=1S/C12H23N3O2/c1-2-14-5-3-4-10(14)7-15-8-11(6-13)17-9-12(15)16/h10-11H,2-9,13H2,1H3. The maximum Gasteiger partial charge on any atom is 0.248 e. The van der Waals surface area contributed by atoms with Crippen LogP contribution < -0.4 is 5.73 Å². The maximum absolute atomic E-state index is 11.8. The lowest BCUT2D eigenvalue weighted by molar-refractivity contribution is -0.149. The molecule has 5 nitrogen and oxygen atoms in total. The van der Waals surface area contributed by atoms with Crippen molar-refractivity contribution < 1.29 is 9.53 Å². The highest BCUT2D eigenvalue weighted by Gasteiger charge is 2.30. The first-order chi connectivity index (χ1) is 8.24. The zero-order valence-electron chi connectivity index (χ0n) is 10.6. The van der Waals surface area contributed by atoms with Crippen LogP contribution in [0.15, 0.2) is 0 Å². The first kappa shape index (κ1) is 12.8. The van der Waals surface area contributed by atoms with E-state index in [0.29, 0.717) is 19.1 Å². The number of nitrogens with two attached hydrogens (primary N) is 1. The summed E-state index contributed by atoms with van der Waals surface area (Å²) >= 11 is 0. The summed E-state index contributed by atoms with van der Waals surface area (Å²) in [6.07, 6.45) is 2.47. The summed E-state index contributed by atoms with van der Waals surface area (Å²) in [7, 11) is 0. The molecule has 0 radical (unpaired) electrons. The molecule has 5 heteroatoms. The summed E-state index contributed by atoms with van der Waals surface area (Å²) in [5.41, 5.74) is 5.60. The molecule has 17 heavy (non-hydrogen) atoms. The summed E-state index contributed by atoms with van der Waals surface area (Å²) in [4.78, 5) is 16.2. The molecule has 0 aromatic heterocycles. The molecule has 2 saturated heterocycles. The zero-order valence-corrected chi connectivity index (χ0v) is 10.6. The van der Waals surface area contributed by atoms with Crippen molar-refractivity contribution >= 4 is 5.91 Å². The van der Waals surface area contributed by atoms with Crippen molar-refractivity contribution in [2.75, 3.05) is 39.3 Å². The Bertz CT molecular complexity index is 272. The van der Waals surface area contributed by atoms with Crippen molar-refractivity contribution in [3.63, 3.8) is 0 Å². The maximum atomic E-state index is 11.8. The van der Waals surface area contributed by atoms with Crippen LogP contribution in [0.3, 0.4) is 0 Å². The van der Waals surface area contributed by atoms with Crippen molar-refractivity contribution in [2.24, 2.45) is 5.73 Å². The first-order valence-electron chi connectivity index (χ1n) is 6.58. The van der Waals surface area contributed by atoms with Crippen LogP contribution in [0.4, 0.5) is 0 Å². The Labute approximate surface area is 103 Å². The summed E-state index contributed by atoms with van der Waals surface area (Å²) in [5, 5.41) is 0. The Morgan fingerprint density at radius 2 is 2.35 bits per heavy atom. The Kier molecular flexibility index (Phi) is 4.36. The van der Waals surface area contributed by atoms with Crippen molar-refractivity contribution in [1.82, 2.24) is 9.80 Å². The highest BCUT2D eigenvalue weighted by Crippen LogP contribution is 2.19. The van der Waals surface area contributed by atoms with E-state index in [9.17, 15) is 4.79 Å². The summed E-state index contributed by atoms with van der Waals surface area (Å²) in [6.45, 7) is 6.61. The summed E-state index contributed by atoms with van der Waals surface area (Å²) in [5.74, 6) is 0.109. The Balaban J connectivity index is 1.90. The summed E-state index contributed by atoms with van der Waals surface area (Å²) in [6, 6.07) is 0.528. The van der Waals surface area contributed by atoms with Gasteiger partial charge in [-0.1, -0.05) is 6.92 Å². The third-order valence-corrected chi connectivity index (χ3v) is 3.82. The van der Waals surface area contributed by atoms with Gasteiger partial charge in [0, 0.05) is 25.7 Å². The second-order valence-corrected chi connectivity index (χ2v) is 4.89. The number of carbonyl (C=O) groups is 1. The highest BCUT2D eigenvalue weighted by atomic mass is 16.5. The van der Waals surface area contributed by atoms with E-state index < -0.39 is 0 Å². The zero-order chi connectivity index (χ0) is 12.3. The van der Waals surface area contributed by atoms with Crippen LogP contribution in [0, 0.1) is 0 Å². The minimum Gasteiger partial charge on any atom is -0.365 e. The van der Waals surface area contributed by atoms with E-state index in [1.807, 2.05) is 4.90 Å². The van der Waals surface area contributed by atoms with E-state index in [1.54, 1.807) is 0 Å². The molecule has 2 aliphatic rings. The molecule has 2 unspecified atom stereocenters. The van der Waals surface area contributed by atoms with Crippen LogP contribution in [-0.2, 0) is 9.53 Å². The second-order valence-electron chi connectivity index (χ2n) is 4.89. The Hall–Kier alpha value is -0.650. The number of hydrogen-bond donors (Lipinski definition) is 1. The molecule has 2 atom stereocenters. The third kappa shape index (κ3) is 2.97. The van der Waals surface area contributed by atoms with Gasteiger partial charge in [0.2, 0.25) is 5.91 Å². The van der Waals surface area contributed by atoms with Gasteiger partial charge in [-0.2, -0.15) is 0 Å². The van der Waals surface area contributed by atoms with Gasteiger partial charge in [0.1, 0.15) is 6.61 Å². The molecular formula is C12H23N3O2. The largest absolute Gasteiger partial charge is 0.365 e. The van der Waals surface area contributed by atoms with Crippen LogP contribution in [0.1, 0.15) is 19.8 Å². The van der Waals surface area contributed by atoms with Crippen molar-refractivity contribution in [2.45, 2.75) is 31.9 Å². The van der Waals surface area contributed by atoms with Gasteiger partial charge in [0.15, 0.2) is 0 Å². The molecule has 2 heterocycles. The predicted molar refractivity (Wildman–Crippen MR) is 65.6 cm³/mol. The second kappa shape index (κ2) is 5.80. The SMILES string of the molecule is CCN1CCCC1CN1CC(CN)OCC1=O. The molecule has 0 saturated carbocycles. The monoisotopic (exact) mass is 241 g/mol. The topological polar surface area (TPSA) is 58.8 Å². The predicted octanol–water partition coefficient (Wildman–Crippen LogP) is -0.343. The molecule has 2 N–H and O–H groups in total. The quantitative estimate of drug-likeness (QED) is 0.731. The number of likely N-dealkylation sites (tertiary alicyclic amines) is 1. The number of hydrogen-bond acceptors (Lipinski definition) is 4. The fourth-order valence-corrected chi connectivity index (χ4v) is 2.77. The average molecular weight is 241 g/mol. The number of carbonyl (C=O) groups excluding carboxylic acids is 1. The van der Waals surface area contributed by atoms with E-state index in [0.717, 1.165) is 13.1 Å². The molecular weight excluding hydrogens is 218 g/mol. The van der Waals surface area contributed by atoms with Crippen molar-refractivity contribution in [1.29, 1.82) is 0 Å². The molecule has 0 bridgehead atoms. The minimum atomic E-state index is 0.0178. The van der Waals surface area contributed by atoms with Crippen LogP contribution >= 0.6 is 0 Å². The highest BCUT2D eigenvalue weighted by molar-refractivity contribution is 5.78. The molecule has 98 valence electrons. The van der Waals surface area contributed by atoms with Gasteiger partial charge in [-0.3, -0.25) is 9.69 Å². The number of likely N-dealkylation sites (N-methyl/N-ethyl adjacent to an activating group) is 1. The van der Waals surface area contributed by atoms with Crippen LogP contribution in [0.5, 0.6) is 0 Å². The van der Waals surface area contributed by atoms with Crippen LogP contribution in [0.25, 0.3) is 0 Å². The normalized spacial score (nSPS) is 31.2. The molecule has 0 aromatic rings. The van der Waals surface area contributed by atoms with Crippen LogP contribution in [-0.4, -0.2) is 67.2 Å². The lowest BCUT2D eigenvalue weighted by atomic mass is 10.1. The van der Waals surface area contributed by atoms with E-state index in [4.69, 9.17) is 10.5 Å². The minimum absolute atomic E-state index is 0.0178. The molecule has 0 aromatic carbocycles. The Morgan fingerprint density at radius 3 is 3.06 bits per heavy atom. The average Bonchev–Trinajstić information content (AvgIpc) is 2.79. The summed E-state index contributed by atoms with van der Waals surface area (Å²) < 4.78 is 5.36. The Morgan fingerprint density at radius 1 is 1.53 bits per heavy atom. The van der Waals surface area contributed by atoms with Gasteiger partial charge in [0.25, 0.3) is 0 Å². The molecule has 2 rings (SSSR count). The molecule has 2 fully saturated rings. The molecule has 0 aliphatic carbocycles. The van der Waals surface area contributed by atoms with Gasteiger partial charge < -0.3 is 15.4 Å². The lowest BCUT2D eigenvalue weighted by Crippen LogP contribution is -2.52. The number of morpholine rings is 1. The van der Waals surface area contributed by atoms with Crippen molar-refractivity contribution in [3.8, 4) is 0 Å².